The Balaban J connectivity index is 1.72. The van der Waals surface area contributed by atoms with Gasteiger partial charge in [-0.3, -0.25) is 4.79 Å². The number of hydrogen-bond acceptors (Lipinski definition) is 5. The van der Waals surface area contributed by atoms with Crippen molar-refractivity contribution in [2.75, 3.05) is 29.6 Å². The van der Waals surface area contributed by atoms with Gasteiger partial charge in [-0.1, -0.05) is 6.07 Å². The highest BCUT2D eigenvalue weighted by atomic mass is 16.1. The van der Waals surface area contributed by atoms with Crippen LogP contribution < -0.4 is 15.5 Å². The number of anilines is 4. The Bertz CT molecular complexity index is 951. The molecule has 6 heteroatoms. The standard InChI is InChI=1S/C21H23N5O/c1-14-5-6-17(11-15(14)2)24-20-12-19(22-13-23-20)21(27)25-16-7-9-18(10-8-16)26(3)4/h5-13H,1-4H3,(H,25,27)(H,22,23,24). The molecule has 0 spiro atoms. The fraction of sp³-hybridized carbons (Fsp3) is 0.190. The van der Waals surface area contributed by atoms with E-state index in [1.54, 1.807) is 6.07 Å². The first-order chi connectivity index (χ1) is 12.9. The second-order valence-corrected chi connectivity index (χ2v) is 6.61. The molecule has 0 aliphatic rings. The van der Waals surface area contributed by atoms with E-state index in [0.717, 1.165) is 11.4 Å². The van der Waals surface area contributed by atoms with Gasteiger partial charge in [0.15, 0.2) is 0 Å². The van der Waals surface area contributed by atoms with Gasteiger partial charge in [-0.05, 0) is 61.4 Å². The summed E-state index contributed by atoms with van der Waals surface area (Å²) in [7, 11) is 3.94. The molecule has 0 bridgehead atoms. The van der Waals surface area contributed by atoms with E-state index < -0.39 is 0 Å². The number of carbonyl (C=O) groups excluding carboxylic acids is 1. The number of rotatable bonds is 5. The SMILES string of the molecule is Cc1ccc(Nc2cc(C(=O)Nc3ccc(N(C)C)cc3)ncn2)cc1C. The summed E-state index contributed by atoms with van der Waals surface area (Å²) in [5.74, 6) is 0.291. The van der Waals surface area contributed by atoms with Crippen LogP contribution in [0.2, 0.25) is 0 Å². The zero-order valence-corrected chi connectivity index (χ0v) is 15.9. The van der Waals surface area contributed by atoms with Crippen LogP contribution in [0.3, 0.4) is 0 Å². The molecule has 0 aliphatic carbocycles. The Morgan fingerprint density at radius 3 is 2.26 bits per heavy atom. The molecule has 3 rings (SSSR count). The molecule has 27 heavy (non-hydrogen) atoms. The second kappa shape index (κ2) is 7.86. The van der Waals surface area contributed by atoms with Crippen LogP contribution in [0, 0.1) is 13.8 Å². The van der Waals surface area contributed by atoms with Crippen molar-refractivity contribution in [3.63, 3.8) is 0 Å². The lowest BCUT2D eigenvalue weighted by Gasteiger charge is -2.13. The van der Waals surface area contributed by atoms with E-state index in [2.05, 4.69) is 34.4 Å². The number of benzene rings is 2. The van der Waals surface area contributed by atoms with Crippen molar-refractivity contribution in [1.82, 2.24) is 9.97 Å². The number of aromatic nitrogens is 2. The van der Waals surface area contributed by atoms with Crippen LogP contribution in [0.4, 0.5) is 22.9 Å². The number of hydrogen-bond donors (Lipinski definition) is 2. The first-order valence-corrected chi connectivity index (χ1v) is 8.67. The van der Waals surface area contributed by atoms with E-state index in [1.807, 2.05) is 61.5 Å². The van der Waals surface area contributed by atoms with E-state index in [4.69, 9.17) is 0 Å². The molecule has 2 N–H and O–H groups in total. The highest BCUT2D eigenvalue weighted by molar-refractivity contribution is 6.03. The summed E-state index contributed by atoms with van der Waals surface area (Å²) in [4.78, 5) is 22.8. The van der Waals surface area contributed by atoms with Gasteiger partial charge in [0, 0.05) is 37.2 Å². The lowest BCUT2D eigenvalue weighted by molar-refractivity contribution is 0.102. The normalized spacial score (nSPS) is 10.4. The van der Waals surface area contributed by atoms with E-state index in [9.17, 15) is 4.79 Å². The van der Waals surface area contributed by atoms with Crippen molar-refractivity contribution in [2.45, 2.75) is 13.8 Å². The van der Waals surface area contributed by atoms with Gasteiger partial charge in [-0.25, -0.2) is 9.97 Å². The van der Waals surface area contributed by atoms with Crippen LogP contribution in [0.25, 0.3) is 0 Å². The molecule has 0 unspecified atom stereocenters. The Kier molecular flexibility index (Phi) is 5.35. The molecular formula is C21H23N5O. The fourth-order valence-electron chi connectivity index (χ4n) is 2.55. The van der Waals surface area contributed by atoms with Gasteiger partial charge in [-0.15, -0.1) is 0 Å². The molecule has 1 amide bonds. The number of aryl methyl sites for hydroxylation is 2. The van der Waals surface area contributed by atoms with Crippen molar-refractivity contribution in [2.24, 2.45) is 0 Å². The lowest BCUT2D eigenvalue weighted by atomic mass is 10.1. The maximum Gasteiger partial charge on any atom is 0.274 e. The van der Waals surface area contributed by atoms with Crippen LogP contribution in [0.5, 0.6) is 0 Å². The third-order valence-corrected chi connectivity index (χ3v) is 4.32. The summed E-state index contributed by atoms with van der Waals surface area (Å²) in [5.41, 5.74) is 5.41. The molecule has 2 aromatic carbocycles. The zero-order chi connectivity index (χ0) is 19.4. The molecular weight excluding hydrogens is 338 g/mol. The topological polar surface area (TPSA) is 70.2 Å². The summed E-state index contributed by atoms with van der Waals surface area (Å²) >= 11 is 0. The van der Waals surface area contributed by atoms with E-state index in [-0.39, 0.29) is 5.91 Å². The highest BCUT2D eigenvalue weighted by Crippen LogP contribution is 2.19. The van der Waals surface area contributed by atoms with Crippen molar-refractivity contribution < 1.29 is 4.79 Å². The van der Waals surface area contributed by atoms with Crippen LogP contribution >= 0.6 is 0 Å². The molecule has 1 heterocycles. The summed E-state index contributed by atoms with van der Waals surface area (Å²) in [6.07, 6.45) is 1.38. The molecule has 0 saturated heterocycles. The molecule has 0 fully saturated rings. The van der Waals surface area contributed by atoms with Gasteiger partial charge < -0.3 is 15.5 Å². The molecule has 138 valence electrons. The molecule has 0 aliphatic heterocycles. The molecule has 6 nitrogen and oxygen atoms in total. The largest absolute Gasteiger partial charge is 0.378 e. The Labute approximate surface area is 159 Å². The second-order valence-electron chi connectivity index (χ2n) is 6.61. The van der Waals surface area contributed by atoms with Crippen LogP contribution in [-0.4, -0.2) is 30.0 Å². The Hall–Kier alpha value is -3.41. The van der Waals surface area contributed by atoms with Crippen molar-refractivity contribution in [3.8, 4) is 0 Å². The van der Waals surface area contributed by atoms with Crippen molar-refractivity contribution in [3.05, 3.63) is 71.7 Å². The molecule has 1 aromatic heterocycles. The van der Waals surface area contributed by atoms with Gasteiger partial charge >= 0.3 is 0 Å². The van der Waals surface area contributed by atoms with Crippen LogP contribution in [0.1, 0.15) is 21.6 Å². The zero-order valence-electron chi connectivity index (χ0n) is 15.9. The highest BCUT2D eigenvalue weighted by Gasteiger charge is 2.10. The minimum Gasteiger partial charge on any atom is -0.378 e. The van der Waals surface area contributed by atoms with E-state index in [0.29, 0.717) is 17.2 Å². The van der Waals surface area contributed by atoms with Crippen molar-refractivity contribution in [1.29, 1.82) is 0 Å². The third kappa shape index (κ3) is 4.61. The maximum absolute atomic E-state index is 12.5. The summed E-state index contributed by atoms with van der Waals surface area (Å²) in [6, 6.07) is 15.3. The maximum atomic E-state index is 12.5. The summed E-state index contributed by atoms with van der Waals surface area (Å²) in [6.45, 7) is 4.12. The van der Waals surface area contributed by atoms with Crippen LogP contribution in [-0.2, 0) is 0 Å². The minimum atomic E-state index is -0.280. The third-order valence-electron chi connectivity index (χ3n) is 4.32. The first kappa shape index (κ1) is 18.4. The molecule has 0 radical (unpaired) electrons. The van der Waals surface area contributed by atoms with Gasteiger partial charge in [0.1, 0.15) is 17.8 Å². The predicted octanol–water partition coefficient (Wildman–Crippen LogP) is 4.16. The minimum absolute atomic E-state index is 0.280. The monoisotopic (exact) mass is 361 g/mol. The molecule has 0 saturated carbocycles. The quantitative estimate of drug-likeness (QED) is 0.714. The van der Waals surface area contributed by atoms with E-state index >= 15 is 0 Å². The average molecular weight is 361 g/mol. The summed E-state index contributed by atoms with van der Waals surface area (Å²) < 4.78 is 0. The molecule has 3 aromatic rings. The van der Waals surface area contributed by atoms with Gasteiger partial charge in [-0.2, -0.15) is 0 Å². The lowest BCUT2D eigenvalue weighted by Crippen LogP contribution is -2.14. The van der Waals surface area contributed by atoms with Gasteiger partial charge in [0.05, 0.1) is 0 Å². The fourth-order valence-corrected chi connectivity index (χ4v) is 2.55. The number of nitrogens with zero attached hydrogens (tertiary/aromatic N) is 3. The van der Waals surface area contributed by atoms with E-state index in [1.165, 1.54) is 17.5 Å². The average Bonchev–Trinajstić information content (AvgIpc) is 2.65. The van der Waals surface area contributed by atoms with Crippen molar-refractivity contribution >= 4 is 28.8 Å². The number of amides is 1. The smallest absolute Gasteiger partial charge is 0.274 e. The first-order valence-electron chi connectivity index (χ1n) is 8.67. The van der Waals surface area contributed by atoms with Gasteiger partial charge in [0.2, 0.25) is 0 Å². The predicted molar refractivity (Wildman–Crippen MR) is 110 cm³/mol. The number of carbonyl (C=O) groups is 1. The summed E-state index contributed by atoms with van der Waals surface area (Å²) in [5, 5.41) is 6.07. The Morgan fingerprint density at radius 2 is 1.59 bits per heavy atom. The Morgan fingerprint density at radius 1 is 0.889 bits per heavy atom. The number of nitrogens with one attached hydrogen (secondary N) is 2. The molecule has 0 atom stereocenters. The van der Waals surface area contributed by atoms with Crippen LogP contribution in [0.15, 0.2) is 54.9 Å². The van der Waals surface area contributed by atoms with Gasteiger partial charge in [0.25, 0.3) is 5.91 Å².